The van der Waals surface area contributed by atoms with Crippen molar-refractivity contribution in [1.82, 2.24) is 4.98 Å². The molecule has 1 aliphatic rings. The first-order valence-corrected chi connectivity index (χ1v) is 9.18. The highest BCUT2D eigenvalue weighted by Crippen LogP contribution is 2.38. The quantitative estimate of drug-likeness (QED) is 0.442. The van der Waals surface area contributed by atoms with Crippen molar-refractivity contribution >= 4 is 21.8 Å². The molecule has 2 heterocycles. The van der Waals surface area contributed by atoms with Gasteiger partial charge >= 0.3 is 0 Å². The summed E-state index contributed by atoms with van der Waals surface area (Å²) in [4.78, 5) is 3.38. The third-order valence-corrected chi connectivity index (χ3v) is 5.27. The van der Waals surface area contributed by atoms with Crippen molar-refractivity contribution in [1.29, 1.82) is 0 Å². The second-order valence-electron chi connectivity index (χ2n) is 7.57. The molecule has 2 unspecified atom stereocenters. The monoisotopic (exact) mass is 351 g/mol. The number of nitrogens with one attached hydrogen (secondary N) is 1. The number of aromatic amines is 1. The fraction of sp³-hybridized carbons (Fsp3) is 0.364. The second-order valence-corrected chi connectivity index (χ2v) is 7.57. The molecule has 1 fully saturated rings. The molecule has 3 N–H and O–H groups in total. The minimum atomic E-state index is 0.165. The molecule has 0 spiro atoms. The zero-order valence-corrected chi connectivity index (χ0v) is 15.5. The van der Waals surface area contributed by atoms with Gasteiger partial charge in [0.15, 0.2) is 0 Å². The lowest BCUT2D eigenvalue weighted by molar-refractivity contribution is 0.361. The zero-order valence-electron chi connectivity index (χ0n) is 15.5. The number of phenolic OH excluding ortho intramolecular Hbond substituents is 2. The minimum Gasteiger partial charge on any atom is -0.508 e. The number of allylic oxidation sites excluding steroid dienone is 2. The van der Waals surface area contributed by atoms with Crippen LogP contribution < -0.4 is 0 Å². The van der Waals surface area contributed by atoms with Crippen LogP contribution in [-0.4, -0.2) is 27.4 Å². The van der Waals surface area contributed by atoms with Crippen LogP contribution in [0.2, 0.25) is 0 Å². The summed E-state index contributed by atoms with van der Waals surface area (Å²) < 4.78 is 5.82. The van der Waals surface area contributed by atoms with E-state index in [-0.39, 0.29) is 18.0 Å². The van der Waals surface area contributed by atoms with E-state index in [0.717, 1.165) is 45.8 Å². The van der Waals surface area contributed by atoms with Crippen molar-refractivity contribution in [2.45, 2.75) is 52.2 Å². The van der Waals surface area contributed by atoms with Gasteiger partial charge in [0, 0.05) is 28.8 Å². The van der Waals surface area contributed by atoms with E-state index in [1.54, 1.807) is 12.1 Å². The van der Waals surface area contributed by atoms with Gasteiger partial charge in [-0.05, 0) is 57.4 Å². The number of fused-ring (bicyclic) bond motifs is 3. The number of aromatic hydroxyl groups is 2. The summed E-state index contributed by atoms with van der Waals surface area (Å²) in [6.45, 7) is 6.11. The number of aryl methyl sites for hydroxylation is 1. The largest absolute Gasteiger partial charge is 0.508 e. The molecular weight excluding hydrogens is 326 g/mol. The van der Waals surface area contributed by atoms with Crippen LogP contribution >= 0.6 is 0 Å². The van der Waals surface area contributed by atoms with Gasteiger partial charge in [-0.3, -0.25) is 0 Å². The maximum absolute atomic E-state index is 10.4. The maximum atomic E-state index is 10.4. The first-order valence-electron chi connectivity index (χ1n) is 9.18. The molecule has 2 atom stereocenters. The van der Waals surface area contributed by atoms with Crippen molar-refractivity contribution in [3.63, 3.8) is 0 Å². The summed E-state index contributed by atoms with van der Waals surface area (Å²) in [7, 11) is 0. The molecule has 136 valence electrons. The van der Waals surface area contributed by atoms with E-state index in [9.17, 15) is 10.2 Å². The Hall–Kier alpha value is -2.46. The summed E-state index contributed by atoms with van der Waals surface area (Å²) in [6, 6.07) is 7.43. The van der Waals surface area contributed by atoms with Gasteiger partial charge in [-0.25, -0.2) is 0 Å². The molecule has 4 nitrogen and oxygen atoms in total. The van der Waals surface area contributed by atoms with Gasteiger partial charge in [-0.15, -0.1) is 0 Å². The molecule has 4 rings (SSSR count). The number of ether oxygens (including phenoxy) is 1. The molecule has 1 saturated heterocycles. The van der Waals surface area contributed by atoms with Crippen molar-refractivity contribution < 1.29 is 14.9 Å². The molecule has 4 heteroatoms. The van der Waals surface area contributed by atoms with E-state index >= 15 is 0 Å². The predicted octanol–water partition coefficient (Wildman–Crippen LogP) is 5.10. The standard InChI is InChI=1S/C22H25NO3/c1-12(2)5-4-6-20-21(26-20)10-16-18(24)8-7-14-15-9-13(3)19(25)11-17(15)23-22(14)16/h5,7-9,11,20-21,23-25H,4,6,10H2,1-3H3. The van der Waals surface area contributed by atoms with Crippen LogP contribution in [0.5, 0.6) is 11.5 Å². The smallest absolute Gasteiger partial charge is 0.120 e. The molecular formula is C22H25NO3. The highest BCUT2D eigenvalue weighted by Gasteiger charge is 2.38. The number of H-pyrrole nitrogens is 1. The molecule has 1 aliphatic heterocycles. The van der Waals surface area contributed by atoms with Gasteiger partial charge in [0.1, 0.15) is 11.5 Å². The number of hydrogen-bond acceptors (Lipinski definition) is 3. The third kappa shape index (κ3) is 3.06. The van der Waals surface area contributed by atoms with Crippen molar-refractivity contribution in [3.05, 3.63) is 47.0 Å². The normalized spacial score (nSPS) is 19.2. The van der Waals surface area contributed by atoms with Gasteiger partial charge in [-0.1, -0.05) is 11.6 Å². The fourth-order valence-corrected chi connectivity index (χ4v) is 3.72. The Morgan fingerprint density at radius 2 is 1.92 bits per heavy atom. The van der Waals surface area contributed by atoms with Crippen molar-refractivity contribution in [2.24, 2.45) is 0 Å². The van der Waals surface area contributed by atoms with Gasteiger partial charge in [0.2, 0.25) is 0 Å². The third-order valence-electron chi connectivity index (χ3n) is 5.27. The average molecular weight is 351 g/mol. The summed E-state index contributed by atoms with van der Waals surface area (Å²) >= 11 is 0. The maximum Gasteiger partial charge on any atom is 0.120 e. The first-order chi connectivity index (χ1) is 12.4. The lowest BCUT2D eigenvalue weighted by atomic mass is 10.0. The molecule has 1 aromatic heterocycles. The van der Waals surface area contributed by atoms with E-state index in [0.29, 0.717) is 12.2 Å². The lowest BCUT2D eigenvalue weighted by Crippen LogP contribution is -2.00. The van der Waals surface area contributed by atoms with E-state index in [1.807, 2.05) is 19.1 Å². The van der Waals surface area contributed by atoms with Gasteiger partial charge in [0.25, 0.3) is 0 Å². The van der Waals surface area contributed by atoms with Crippen LogP contribution in [0, 0.1) is 6.92 Å². The van der Waals surface area contributed by atoms with E-state index in [2.05, 4.69) is 24.9 Å². The van der Waals surface area contributed by atoms with Gasteiger partial charge < -0.3 is 19.9 Å². The molecule has 0 amide bonds. The SMILES string of the molecule is CC(C)=CCCC1OC1Cc1c(O)ccc2c1[nH]c1cc(O)c(C)cc12. The molecule has 0 saturated carbocycles. The Morgan fingerprint density at radius 1 is 1.12 bits per heavy atom. The summed E-state index contributed by atoms with van der Waals surface area (Å²) in [5, 5.41) is 22.5. The Bertz CT molecular complexity index is 1010. The van der Waals surface area contributed by atoms with Gasteiger partial charge in [0.05, 0.1) is 23.2 Å². The van der Waals surface area contributed by atoms with Crippen LogP contribution in [0.1, 0.15) is 37.8 Å². The van der Waals surface area contributed by atoms with Gasteiger partial charge in [-0.2, -0.15) is 0 Å². The highest BCUT2D eigenvalue weighted by atomic mass is 16.6. The van der Waals surface area contributed by atoms with Crippen LogP contribution in [-0.2, 0) is 11.2 Å². The number of epoxide rings is 1. The average Bonchev–Trinajstić information content (AvgIpc) is 3.22. The zero-order chi connectivity index (χ0) is 18.4. The number of hydrogen-bond donors (Lipinski definition) is 3. The summed E-state index contributed by atoms with van der Waals surface area (Å²) in [5.74, 6) is 0.572. The van der Waals surface area contributed by atoms with E-state index in [4.69, 9.17) is 4.74 Å². The summed E-state index contributed by atoms with van der Waals surface area (Å²) in [5.41, 5.74) is 4.89. The molecule has 3 aromatic rings. The van der Waals surface area contributed by atoms with E-state index in [1.165, 1.54) is 5.57 Å². The number of aromatic nitrogens is 1. The van der Waals surface area contributed by atoms with Crippen LogP contribution in [0.3, 0.4) is 0 Å². The number of benzene rings is 2. The predicted molar refractivity (Wildman–Crippen MR) is 105 cm³/mol. The van der Waals surface area contributed by atoms with E-state index < -0.39 is 0 Å². The first kappa shape index (κ1) is 17.0. The van der Waals surface area contributed by atoms with Crippen molar-refractivity contribution in [3.8, 4) is 11.5 Å². The van der Waals surface area contributed by atoms with Crippen molar-refractivity contribution in [2.75, 3.05) is 0 Å². The lowest BCUT2D eigenvalue weighted by Gasteiger charge is -2.05. The molecule has 26 heavy (non-hydrogen) atoms. The fourth-order valence-electron chi connectivity index (χ4n) is 3.72. The summed E-state index contributed by atoms with van der Waals surface area (Å²) in [6.07, 6.45) is 5.43. The molecule has 0 bridgehead atoms. The Balaban J connectivity index is 1.63. The Kier molecular flexibility index (Phi) is 4.16. The minimum absolute atomic E-state index is 0.165. The van der Waals surface area contributed by atoms with Crippen LogP contribution in [0.4, 0.5) is 0 Å². The molecule has 0 radical (unpaired) electrons. The Morgan fingerprint density at radius 3 is 2.69 bits per heavy atom. The number of phenols is 2. The Labute approximate surface area is 153 Å². The topological polar surface area (TPSA) is 68.8 Å². The number of rotatable bonds is 5. The highest BCUT2D eigenvalue weighted by molar-refractivity contribution is 6.09. The molecule has 2 aromatic carbocycles. The second kappa shape index (κ2) is 6.36. The van der Waals surface area contributed by atoms with Crippen LogP contribution in [0.15, 0.2) is 35.9 Å². The van der Waals surface area contributed by atoms with Crippen LogP contribution in [0.25, 0.3) is 21.8 Å². The molecule has 0 aliphatic carbocycles.